The minimum atomic E-state index is -0.447. The lowest BCUT2D eigenvalue weighted by atomic mass is 10.0. The molecule has 0 unspecified atom stereocenters. The lowest BCUT2D eigenvalue weighted by Crippen LogP contribution is -2.09. The van der Waals surface area contributed by atoms with Gasteiger partial charge in [0, 0.05) is 16.7 Å². The Morgan fingerprint density at radius 3 is 2.77 bits per heavy atom. The summed E-state index contributed by atoms with van der Waals surface area (Å²) < 4.78 is 5.44. The summed E-state index contributed by atoms with van der Waals surface area (Å²) in [6.07, 6.45) is 0. The van der Waals surface area contributed by atoms with Gasteiger partial charge in [0.25, 0.3) is 0 Å². The van der Waals surface area contributed by atoms with Crippen molar-refractivity contribution in [1.29, 1.82) is 0 Å². The normalized spacial score (nSPS) is 10.6. The molecular formula is C17H15N3O2. The molecule has 5 heteroatoms. The number of esters is 1. The number of aromatic nitrogens is 3. The second kappa shape index (κ2) is 5.44. The molecule has 5 nitrogen and oxygen atoms in total. The number of ether oxygens (including phenoxy) is 1. The number of aromatic amines is 1. The first-order valence-corrected chi connectivity index (χ1v) is 6.84. The van der Waals surface area contributed by atoms with Gasteiger partial charge in [0.2, 0.25) is 0 Å². The van der Waals surface area contributed by atoms with Crippen molar-refractivity contribution in [3.05, 3.63) is 54.1 Å². The maximum Gasteiger partial charge on any atom is 0.338 e. The fourth-order valence-corrected chi connectivity index (χ4v) is 2.22. The van der Waals surface area contributed by atoms with Crippen LogP contribution in [0, 0.1) is 6.92 Å². The molecule has 0 bridgehead atoms. The van der Waals surface area contributed by atoms with Crippen LogP contribution in [0.5, 0.6) is 5.75 Å². The number of H-pyrrole nitrogens is 1. The highest BCUT2D eigenvalue weighted by molar-refractivity contribution is 5.95. The van der Waals surface area contributed by atoms with Gasteiger partial charge >= 0.3 is 5.97 Å². The molecule has 0 fully saturated rings. The summed E-state index contributed by atoms with van der Waals surface area (Å²) >= 11 is 0. The van der Waals surface area contributed by atoms with Crippen molar-refractivity contribution in [2.24, 2.45) is 0 Å². The van der Waals surface area contributed by atoms with Crippen LogP contribution in [-0.4, -0.2) is 21.4 Å². The smallest absolute Gasteiger partial charge is 0.338 e. The van der Waals surface area contributed by atoms with E-state index in [-0.39, 0.29) is 0 Å². The number of fused-ring (bicyclic) bond motifs is 1. The molecule has 0 aliphatic heterocycles. The Kier molecular flexibility index (Phi) is 3.47. The van der Waals surface area contributed by atoms with Crippen molar-refractivity contribution in [2.45, 2.75) is 13.8 Å². The summed E-state index contributed by atoms with van der Waals surface area (Å²) in [5.74, 6) is 0.0338. The summed E-state index contributed by atoms with van der Waals surface area (Å²) in [4.78, 5) is 11.8. The van der Waals surface area contributed by atoms with E-state index in [1.54, 1.807) is 13.0 Å². The number of nitrogens with one attached hydrogen (secondary N) is 1. The molecule has 110 valence electrons. The van der Waals surface area contributed by atoms with Gasteiger partial charge in [0.15, 0.2) is 0 Å². The van der Waals surface area contributed by atoms with Crippen molar-refractivity contribution in [1.82, 2.24) is 15.4 Å². The van der Waals surface area contributed by atoms with E-state index in [4.69, 9.17) is 4.74 Å². The number of hydrogen-bond acceptors (Lipinski definition) is 4. The van der Waals surface area contributed by atoms with E-state index in [9.17, 15) is 4.79 Å². The Balaban J connectivity index is 2.17. The predicted molar refractivity (Wildman–Crippen MR) is 84.5 cm³/mol. The lowest BCUT2D eigenvalue weighted by Gasteiger charge is -2.11. The molecule has 3 rings (SSSR count). The molecule has 0 amide bonds. The predicted octanol–water partition coefficient (Wildman–Crippen LogP) is 3.41. The maximum atomic E-state index is 11.8. The van der Waals surface area contributed by atoms with Crippen molar-refractivity contribution in [2.75, 3.05) is 0 Å². The van der Waals surface area contributed by atoms with E-state index in [1.807, 2.05) is 37.3 Å². The van der Waals surface area contributed by atoms with Crippen LogP contribution in [0.2, 0.25) is 0 Å². The molecule has 0 aliphatic rings. The average molecular weight is 293 g/mol. The first-order valence-electron chi connectivity index (χ1n) is 6.84. The van der Waals surface area contributed by atoms with Crippen LogP contribution in [-0.2, 0) is 4.79 Å². The van der Waals surface area contributed by atoms with Gasteiger partial charge in [-0.1, -0.05) is 30.3 Å². The van der Waals surface area contributed by atoms with Crippen molar-refractivity contribution in [3.8, 4) is 16.9 Å². The van der Waals surface area contributed by atoms with E-state index < -0.39 is 5.97 Å². The van der Waals surface area contributed by atoms with Gasteiger partial charge in [-0.15, -0.1) is 0 Å². The van der Waals surface area contributed by atoms with Crippen LogP contribution in [0.15, 0.2) is 48.6 Å². The van der Waals surface area contributed by atoms with E-state index in [1.165, 1.54) is 0 Å². The molecule has 0 spiro atoms. The fraction of sp³-hybridized carbons (Fsp3) is 0.118. The maximum absolute atomic E-state index is 11.8. The van der Waals surface area contributed by atoms with Gasteiger partial charge in [-0.2, -0.15) is 15.4 Å². The van der Waals surface area contributed by atoms with Gasteiger partial charge in [-0.05, 0) is 32.0 Å². The SMILES string of the molecule is C=C(C)C(=O)Oc1ccc(C)cc1-c1cccc2n[nH]nc12. The van der Waals surface area contributed by atoms with Crippen molar-refractivity contribution in [3.63, 3.8) is 0 Å². The zero-order chi connectivity index (χ0) is 15.7. The average Bonchev–Trinajstić information content (AvgIpc) is 2.97. The van der Waals surface area contributed by atoms with Crippen LogP contribution in [0.3, 0.4) is 0 Å². The van der Waals surface area contributed by atoms with Gasteiger partial charge < -0.3 is 4.74 Å². The largest absolute Gasteiger partial charge is 0.423 e. The first kappa shape index (κ1) is 14.0. The lowest BCUT2D eigenvalue weighted by molar-refractivity contribution is -0.130. The van der Waals surface area contributed by atoms with Crippen molar-refractivity contribution < 1.29 is 9.53 Å². The molecule has 2 aromatic carbocycles. The molecule has 1 aromatic heterocycles. The number of carbonyl (C=O) groups is 1. The van der Waals surface area contributed by atoms with Crippen LogP contribution < -0.4 is 4.74 Å². The zero-order valence-electron chi connectivity index (χ0n) is 12.4. The highest BCUT2D eigenvalue weighted by atomic mass is 16.5. The summed E-state index contributed by atoms with van der Waals surface area (Å²) in [6.45, 7) is 7.21. The summed E-state index contributed by atoms with van der Waals surface area (Å²) in [5.41, 5.74) is 4.57. The van der Waals surface area contributed by atoms with Gasteiger partial charge in [0.05, 0.1) is 0 Å². The minimum absolute atomic E-state index is 0.353. The van der Waals surface area contributed by atoms with Gasteiger partial charge in [-0.3, -0.25) is 0 Å². The van der Waals surface area contributed by atoms with Crippen molar-refractivity contribution >= 4 is 17.0 Å². The van der Waals surface area contributed by atoms with Crippen LogP contribution >= 0.6 is 0 Å². The molecule has 22 heavy (non-hydrogen) atoms. The standard InChI is InChI=1S/C17H15N3O2/c1-10(2)17(21)22-15-8-7-11(3)9-13(15)12-5-4-6-14-16(12)19-20-18-14/h4-9H,1H2,2-3H3,(H,18,19,20). The fourth-order valence-electron chi connectivity index (χ4n) is 2.22. The second-order valence-electron chi connectivity index (χ2n) is 5.17. The number of rotatable bonds is 3. The number of carbonyl (C=O) groups excluding carboxylic acids is 1. The molecule has 0 radical (unpaired) electrons. The molecule has 0 saturated heterocycles. The zero-order valence-corrected chi connectivity index (χ0v) is 12.4. The second-order valence-corrected chi connectivity index (χ2v) is 5.17. The number of para-hydroxylation sites is 1. The topological polar surface area (TPSA) is 67.9 Å². The Labute approximate surface area is 127 Å². The highest BCUT2D eigenvalue weighted by Gasteiger charge is 2.15. The Hall–Kier alpha value is -2.95. The quantitative estimate of drug-likeness (QED) is 0.456. The number of hydrogen-bond donors (Lipinski definition) is 1. The van der Waals surface area contributed by atoms with Gasteiger partial charge in [-0.25, -0.2) is 4.79 Å². The van der Waals surface area contributed by atoms with E-state index in [0.717, 1.165) is 27.7 Å². The number of benzene rings is 2. The molecular weight excluding hydrogens is 278 g/mol. The Bertz CT molecular complexity index is 880. The number of nitrogens with zero attached hydrogens (tertiary/aromatic N) is 2. The molecule has 3 aromatic rings. The highest BCUT2D eigenvalue weighted by Crippen LogP contribution is 2.34. The summed E-state index contributed by atoms with van der Waals surface area (Å²) in [7, 11) is 0. The molecule has 1 N–H and O–H groups in total. The van der Waals surface area contributed by atoms with E-state index >= 15 is 0 Å². The molecule has 0 atom stereocenters. The third-order valence-corrected chi connectivity index (χ3v) is 3.32. The minimum Gasteiger partial charge on any atom is -0.423 e. The Morgan fingerprint density at radius 2 is 2.00 bits per heavy atom. The summed E-state index contributed by atoms with van der Waals surface area (Å²) in [5, 5.41) is 10.9. The van der Waals surface area contributed by atoms with Crippen LogP contribution in [0.1, 0.15) is 12.5 Å². The first-order chi connectivity index (χ1) is 10.6. The van der Waals surface area contributed by atoms with E-state index in [0.29, 0.717) is 11.3 Å². The van der Waals surface area contributed by atoms with Crippen LogP contribution in [0.25, 0.3) is 22.2 Å². The van der Waals surface area contributed by atoms with E-state index in [2.05, 4.69) is 22.0 Å². The van der Waals surface area contributed by atoms with Gasteiger partial charge in [0.1, 0.15) is 16.8 Å². The molecule has 0 saturated carbocycles. The molecule has 1 heterocycles. The Morgan fingerprint density at radius 1 is 1.18 bits per heavy atom. The van der Waals surface area contributed by atoms with Crippen LogP contribution in [0.4, 0.5) is 0 Å². The number of aryl methyl sites for hydroxylation is 1. The third kappa shape index (κ3) is 2.48. The monoisotopic (exact) mass is 293 g/mol. The molecule has 0 aliphatic carbocycles. The summed E-state index contributed by atoms with van der Waals surface area (Å²) in [6, 6.07) is 11.3. The third-order valence-electron chi connectivity index (χ3n) is 3.32.